The zero-order valence-electron chi connectivity index (χ0n) is 11.0. The number of rotatable bonds is 6. The molecule has 1 aliphatic heterocycles. The summed E-state index contributed by atoms with van der Waals surface area (Å²) in [6.45, 7) is 3.80. The molecule has 0 radical (unpaired) electrons. The number of aliphatic carboxylic acids is 1. The Labute approximate surface area is 112 Å². The highest BCUT2D eigenvalue weighted by molar-refractivity contribution is 8.00. The second kappa shape index (κ2) is 7.63. The van der Waals surface area contributed by atoms with Crippen molar-refractivity contribution in [3.8, 4) is 0 Å². The van der Waals surface area contributed by atoms with Gasteiger partial charge in [0.15, 0.2) is 0 Å². The molecule has 6 heteroatoms. The molecular formula is C12H22N2O3S. The Bertz CT molecular complexity index is 293. The van der Waals surface area contributed by atoms with E-state index in [9.17, 15) is 9.59 Å². The molecule has 1 rings (SSSR count). The second-order valence-electron chi connectivity index (χ2n) is 4.53. The van der Waals surface area contributed by atoms with Gasteiger partial charge in [0.25, 0.3) is 0 Å². The number of thioether (sulfide) groups is 1. The molecule has 1 fully saturated rings. The van der Waals surface area contributed by atoms with Crippen molar-refractivity contribution in [2.75, 3.05) is 25.9 Å². The first-order chi connectivity index (χ1) is 8.56. The third-order valence-corrected chi connectivity index (χ3v) is 4.62. The standard InChI is InChI=1S/C12H22N2O3S/c1-3-10(12(16)17)14(2)11(15)8-18-9-4-6-13-7-5-9/h9-10,13H,3-8H2,1-2H3,(H,16,17). The van der Waals surface area contributed by atoms with E-state index in [2.05, 4.69) is 5.32 Å². The fraction of sp³-hybridized carbons (Fsp3) is 0.833. The van der Waals surface area contributed by atoms with Gasteiger partial charge in [-0.15, -0.1) is 11.8 Å². The van der Waals surface area contributed by atoms with Crippen LogP contribution in [0.2, 0.25) is 0 Å². The number of hydrogen-bond donors (Lipinski definition) is 2. The van der Waals surface area contributed by atoms with Gasteiger partial charge in [0.1, 0.15) is 6.04 Å². The molecule has 0 saturated carbocycles. The lowest BCUT2D eigenvalue weighted by Gasteiger charge is -2.26. The second-order valence-corrected chi connectivity index (χ2v) is 5.82. The fourth-order valence-corrected chi connectivity index (χ4v) is 3.19. The summed E-state index contributed by atoms with van der Waals surface area (Å²) in [5, 5.41) is 12.8. The zero-order chi connectivity index (χ0) is 13.5. The van der Waals surface area contributed by atoms with E-state index in [-0.39, 0.29) is 5.91 Å². The Balaban J connectivity index is 2.36. The largest absolute Gasteiger partial charge is 0.480 e. The minimum Gasteiger partial charge on any atom is -0.480 e. The van der Waals surface area contributed by atoms with Crippen molar-refractivity contribution >= 4 is 23.6 Å². The molecule has 1 amide bonds. The minimum absolute atomic E-state index is 0.0900. The van der Waals surface area contributed by atoms with Crippen molar-refractivity contribution < 1.29 is 14.7 Å². The van der Waals surface area contributed by atoms with Crippen molar-refractivity contribution in [1.29, 1.82) is 0 Å². The van der Waals surface area contributed by atoms with Crippen LogP contribution < -0.4 is 5.32 Å². The van der Waals surface area contributed by atoms with E-state index in [4.69, 9.17) is 5.11 Å². The summed E-state index contributed by atoms with van der Waals surface area (Å²) in [6.07, 6.45) is 2.60. The van der Waals surface area contributed by atoms with Crippen LogP contribution in [0.5, 0.6) is 0 Å². The summed E-state index contributed by atoms with van der Waals surface area (Å²) in [4.78, 5) is 24.2. The predicted octanol–water partition coefficient (Wildman–Crippen LogP) is 0.793. The molecule has 0 aromatic heterocycles. The van der Waals surface area contributed by atoms with Gasteiger partial charge < -0.3 is 15.3 Å². The third kappa shape index (κ3) is 4.49. The number of piperidine rings is 1. The zero-order valence-corrected chi connectivity index (χ0v) is 11.8. The Morgan fingerprint density at radius 3 is 2.56 bits per heavy atom. The molecule has 18 heavy (non-hydrogen) atoms. The van der Waals surface area contributed by atoms with Crippen LogP contribution in [0.3, 0.4) is 0 Å². The molecule has 1 unspecified atom stereocenters. The SMILES string of the molecule is CCC(C(=O)O)N(C)C(=O)CSC1CCNCC1. The predicted molar refractivity (Wildman–Crippen MR) is 72.8 cm³/mol. The quantitative estimate of drug-likeness (QED) is 0.749. The topological polar surface area (TPSA) is 69.6 Å². The van der Waals surface area contributed by atoms with Crippen LogP contribution in [-0.4, -0.2) is 59.1 Å². The van der Waals surface area contributed by atoms with Gasteiger partial charge in [0, 0.05) is 12.3 Å². The van der Waals surface area contributed by atoms with Gasteiger partial charge in [-0.05, 0) is 32.4 Å². The molecule has 0 bridgehead atoms. The van der Waals surface area contributed by atoms with Crippen molar-refractivity contribution in [2.45, 2.75) is 37.5 Å². The summed E-state index contributed by atoms with van der Waals surface area (Å²) in [6, 6.07) is -0.703. The number of likely N-dealkylation sites (N-methyl/N-ethyl adjacent to an activating group) is 1. The Morgan fingerprint density at radius 2 is 2.06 bits per heavy atom. The van der Waals surface area contributed by atoms with Crippen LogP contribution >= 0.6 is 11.8 Å². The van der Waals surface area contributed by atoms with Crippen molar-refractivity contribution in [3.05, 3.63) is 0 Å². The molecule has 1 aliphatic rings. The number of hydrogen-bond acceptors (Lipinski definition) is 4. The average molecular weight is 274 g/mol. The highest BCUT2D eigenvalue weighted by Crippen LogP contribution is 2.20. The molecule has 0 aromatic rings. The Hall–Kier alpha value is -0.750. The smallest absolute Gasteiger partial charge is 0.326 e. The van der Waals surface area contributed by atoms with E-state index in [1.807, 2.05) is 0 Å². The monoisotopic (exact) mass is 274 g/mol. The number of carbonyl (C=O) groups excluding carboxylic acids is 1. The van der Waals surface area contributed by atoms with Crippen LogP contribution in [0.1, 0.15) is 26.2 Å². The first kappa shape index (κ1) is 15.3. The van der Waals surface area contributed by atoms with Gasteiger partial charge >= 0.3 is 5.97 Å². The number of nitrogens with one attached hydrogen (secondary N) is 1. The molecule has 1 heterocycles. The molecule has 0 spiro atoms. The van der Waals surface area contributed by atoms with Crippen LogP contribution in [0, 0.1) is 0 Å². The van der Waals surface area contributed by atoms with Gasteiger partial charge in [-0.1, -0.05) is 6.92 Å². The maximum atomic E-state index is 11.9. The summed E-state index contributed by atoms with van der Waals surface area (Å²) in [7, 11) is 1.58. The lowest BCUT2D eigenvalue weighted by molar-refractivity contribution is -0.148. The lowest BCUT2D eigenvalue weighted by atomic mass is 10.2. The number of amides is 1. The van der Waals surface area contributed by atoms with Crippen LogP contribution in [-0.2, 0) is 9.59 Å². The molecule has 1 saturated heterocycles. The Morgan fingerprint density at radius 1 is 1.44 bits per heavy atom. The molecule has 0 aromatic carbocycles. The normalized spacial score (nSPS) is 18.3. The van der Waals surface area contributed by atoms with Crippen molar-refractivity contribution in [2.24, 2.45) is 0 Å². The number of carbonyl (C=O) groups is 2. The van der Waals surface area contributed by atoms with Gasteiger partial charge in [-0.3, -0.25) is 4.79 Å². The van der Waals surface area contributed by atoms with E-state index in [0.29, 0.717) is 17.4 Å². The summed E-state index contributed by atoms with van der Waals surface area (Å²) in [5.41, 5.74) is 0. The van der Waals surface area contributed by atoms with E-state index >= 15 is 0 Å². The summed E-state index contributed by atoms with van der Waals surface area (Å²) >= 11 is 1.65. The Kier molecular flexibility index (Phi) is 6.49. The van der Waals surface area contributed by atoms with Gasteiger partial charge in [0.2, 0.25) is 5.91 Å². The first-order valence-electron chi connectivity index (χ1n) is 6.37. The van der Waals surface area contributed by atoms with Gasteiger partial charge in [0.05, 0.1) is 5.75 Å². The molecule has 5 nitrogen and oxygen atoms in total. The highest BCUT2D eigenvalue weighted by atomic mass is 32.2. The third-order valence-electron chi connectivity index (χ3n) is 3.26. The lowest BCUT2D eigenvalue weighted by Crippen LogP contribution is -2.43. The summed E-state index contributed by atoms with van der Waals surface area (Å²) in [5.74, 6) is -0.640. The molecule has 0 aliphatic carbocycles. The molecule has 1 atom stereocenters. The van der Waals surface area contributed by atoms with Crippen molar-refractivity contribution in [3.63, 3.8) is 0 Å². The van der Waals surface area contributed by atoms with E-state index in [1.54, 1.807) is 25.7 Å². The van der Waals surface area contributed by atoms with Crippen molar-refractivity contribution in [1.82, 2.24) is 10.2 Å². The van der Waals surface area contributed by atoms with E-state index < -0.39 is 12.0 Å². The highest BCUT2D eigenvalue weighted by Gasteiger charge is 2.25. The number of carboxylic acid groups (broad SMARTS) is 1. The van der Waals surface area contributed by atoms with E-state index in [0.717, 1.165) is 25.9 Å². The minimum atomic E-state index is -0.930. The van der Waals surface area contributed by atoms with Gasteiger partial charge in [-0.25, -0.2) is 4.79 Å². The average Bonchev–Trinajstić information content (AvgIpc) is 2.37. The molecule has 104 valence electrons. The molecule has 2 N–H and O–H groups in total. The first-order valence-corrected chi connectivity index (χ1v) is 7.42. The summed E-state index contributed by atoms with van der Waals surface area (Å²) < 4.78 is 0. The van der Waals surface area contributed by atoms with Crippen LogP contribution in [0.25, 0.3) is 0 Å². The fourth-order valence-electron chi connectivity index (χ4n) is 2.04. The number of carboxylic acids is 1. The van der Waals surface area contributed by atoms with E-state index in [1.165, 1.54) is 4.90 Å². The van der Waals surface area contributed by atoms with Gasteiger partial charge in [-0.2, -0.15) is 0 Å². The molecular weight excluding hydrogens is 252 g/mol. The van der Waals surface area contributed by atoms with Crippen LogP contribution in [0.4, 0.5) is 0 Å². The maximum Gasteiger partial charge on any atom is 0.326 e. The maximum absolute atomic E-state index is 11.9. The number of nitrogens with zero attached hydrogens (tertiary/aromatic N) is 1. The van der Waals surface area contributed by atoms with Crippen LogP contribution in [0.15, 0.2) is 0 Å².